The van der Waals surface area contributed by atoms with E-state index in [-0.39, 0.29) is 5.92 Å². The molecule has 3 atom stereocenters. The predicted molar refractivity (Wildman–Crippen MR) is 67.1 cm³/mol. The number of carboxylic acids is 1. The van der Waals surface area contributed by atoms with Gasteiger partial charge in [0.15, 0.2) is 6.04 Å². The maximum Gasteiger partial charge on any atom is 0.328 e. The molecule has 0 heterocycles. The molecular weight excluding hydrogens is 254 g/mol. The molecule has 8 nitrogen and oxygen atoms in total. The molecule has 6 N–H and O–H groups in total. The number of carbonyl (C=O) groups is 3. The lowest BCUT2D eigenvalue weighted by Crippen LogP contribution is -2.52. The number of carboxylic acid groups (broad SMARTS) is 1. The van der Waals surface area contributed by atoms with Crippen molar-refractivity contribution in [2.45, 2.75) is 39.0 Å². The molecule has 0 aromatic carbocycles. The lowest BCUT2D eigenvalue weighted by atomic mass is 10.1. The minimum atomic E-state index is -1.41. The summed E-state index contributed by atoms with van der Waals surface area (Å²) in [7, 11) is 0. The number of nitrogens with two attached hydrogens (primary N) is 1. The van der Waals surface area contributed by atoms with Crippen molar-refractivity contribution in [3.8, 4) is 0 Å². The van der Waals surface area contributed by atoms with E-state index in [0.29, 0.717) is 0 Å². The molecule has 0 fully saturated rings. The van der Waals surface area contributed by atoms with Crippen molar-refractivity contribution in [1.82, 2.24) is 10.6 Å². The Morgan fingerprint density at radius 3 is 2.11 bits per heavy atom. The van der Waals surface area contributed by atoms with Crippen molar-refractivity contribution < 1.29 is 24.6 Å². The molecule has 0 spiro atoms. The van der Waals surface area contributed by atoms with Gasteiger partial charge in [0.2, 0.25) is 11.8 Å². The molecule has 0 aromatic rings. The van der Waals surface area contributed by atoms with Crippen molar-refractivity contribution in [2.24, 2.45) is 11.7 Å². The van der Waals surface area contributed by atoms with Gasteiger partial charge in [-0.15, -0.1) is 0 Å². The predicted octanol–water partition coefficient (Wildman–Crippen LogP) is -1.96. The molecule has 0 rings (SSSR count). The van der Waals surface area contributed by atoms with E-state index < -0.39 is 42.5 Å². The van der Waals surface area contributed by atoms with E-state index in [1.807, 2.05) is 0 Å². The Kier molecular flexibility index (Phi) is 7.02. The first-order valence-corrected chi connectivity index (χ1v) is 5.90. The van der Waals surface area contributed by atoms with Crippen molar-refractivity contribution in [2.75, 3.05) is 6.54 Å². The summed E-state index contributed by atoms with van der Waals surface area (Å²) in [6.45, 7) is 4.37. The van der Waals surface area contributed by atoms with Gasteiger partial charge < -0.3 is 26.6 Å². The highest BCUT2D eigenvalue weighted by atomic mass is 16.4. The minimum Gasteiger partial charge on any atom is -0.480 e. The Hall–Kier alpha value is -1.67. The molecule has 0 aliphatic rings. The maximum atomic E-state index is 11.5. The number of amides is 2. The Labute approximate surface area is 111 Å². The summed E-state index contributed by atoms with van der Waals surface area (Å²) < 4.78 is 0. The first kappa shape index (κ1) is 17.3. The highest BCUT2D eigenvalue weighted by Gasteiger charge is 2.25. The molecule has 8 heteroatoms. The Bertz CT molecular complexity index is 343. The third-order valence-corrected chi connectivity index (χ3v) is 2.51. The van der Waals surface area contributed by atoms with Crippen molar-refractivity contribution >= 4 is 17.8 Å². The average Bonchev–Trinajstić information content (AvgIpc) is 2.30. The van der Waals surface area contributed by atoms with E-state index in [1.54, 1.807) is 13.8 Å². The lowest BCUT2D eigenvalue weighted by molar-refractivity contribution is -0.144. The van der Waals surface area contributed by atoms with E-state index in [4.69, 9.17) is 15.9 Å². The minimum absolute atomic E-state index is 0.0766. The van der Waals surface area contributed by atoms with Gasteiger partial charge in [-0.3, -0.25) is 9.59 Å². The second-order valence-corrected chi connectivity index (χ2v) is 4.61. The van der Waals surface area contributed by atoms with E-state index in [2.05, 4.69) is 10.6 Å². The second kappa shape index (κ2) is 7.70. The van der Waals surface area contributed by atoms with Crippen molar-refractivity contribution in [3.63, 3.8) is 0 Å². The van der Waals surface area contributed by atoms with Crippen molar-refractivity contribution in [3.05, 3.63) is 0 Å². The molecule has 0 bridgehead atoms. The van der Waals surface area contributed by atoms with Crippen LogP contribution in [-0.4, -0.2) is 52.7 Å². The van der Waals surface area contributed by atoms with Crippen LogP contribution in [0.3, 0.4) is 0 Å². The highest BCUT2D eigenvalue weighted by Crippen LogP contribution is 1.97. The van der Waals surface area contributed by atoms with E-state index >= 15 is 0 Å². The molecule has 2 unspecified atom stereocenters. The van der Waals surface area contributed by atoms with Crippen LogP contribution >= 0.6 is 0 Å². The number of nitrogens with one attached hydrogen (secondary N) is 2. The topological polar surface area (TPSA) is 142 Å². The highest BCUT2D eigenvalue weighted by molar-refractivity contribution is 5.89. The standard InChI is InChI=1S/C11H21N3O5/c1-5(2)8(12)10(17)13-4-7(16)14-9(6(3)15)11(18)19/h5-6,8-9,15H,4,12H2,1-3H3,(H,13,17)(H,14,16)(H,18,19)/t6?,8-,9?/m0/s1. The number of rotatable bonds is 7. The Morgan fingerprint density at radius 1 is 1.21 bits per heavy atom. The first-order valence-electron chi connectivity index (χ1n) is 5.90. The largest absolute Gasteiger partial charge is 0.480 e. The maximum absolute atomic E-state index is 11.5. The van der Waals surface area contributed by atoms with Gasteiger partial charge >= 0.3 is 5.97 Å². The van der Waals surface area contributed by atoms with Gasteiger partial charge in [-0.1, -0.05) is 13.8 Å². The molecule has 19 heavy (non-hydrogen) atoms. The van der Waals surface area contributed by atoms with Gasteiger partial charge in [-0.05, 0) is 12.8 Å². The molecule has 0 saturated heterocycles. The zero-order chi connectivity index (χ0) is 15.2. The van der Waals surface area contributed by atoms with Crippen LogP contribution in [0.5, 0.6) is 0 Å². The number of carbonyl (C=O) groups excluding carboxylic acids is 2. The fourth-order valence-electron chi connectivity index (χ4n) is 1.20. The van der Waals surface area contributed by atoms with Gasteiger partial charge in [-0.2, -0.15) is 0 Å². The van der Waals surface area contributed by atoms with Gasteiger partial charge in [0.05, 0.1) is 18.7 Å². The summed E-state index contributed by atoms with van der Waals surface area (Å²) in [5, 5.41) is 22.3. The van der Waals surface area contributed by atoms with Crippen LogP contribution < -0.4 is 16.4 Å². The number of hydrogen-bond acceptors (Lipinski definition) is 5. The summed E-state index contributed by atoms with van der Waals surface area (Å²) >= 11 is 0. The second-order valence-electron chi connectivity index (χ2n) is 4.61. The van der Waals surface area contributed by atoms with E-state index in [1.165, 1.54) is 6.92 Å². The van der Waals surface area contributed by atoms with Crippen LogP contribution in [0.15, 0.2) is 0 Å². The Morgan fingerprint density at radius 2 is 1.74 bits per heavy atom. The smallest absolute Gasteiger partial charge is 0.328 e. The van der Waals surface area contributed by atoms with Gasteiger partial charge in [-0.25, -0.2) is 4.79 Å². The molecule has 0 saturated carbocycles. The van der Waals surface area contributed by atoms with E-state index in [0.717, 1.165) is 0 Å². The summed E-state index contributed by atoms with van der Waals surface area (Å²) in [6, 6.07) is -2.15. The molecule has 0 aliphatic heterocycles. The molecule has 110 valence electrons. The van der Waals surface area contributed by atoms with Crippen LogP contribution in [0, 0.1) is 5.92 Å². The van der Waals surface area contributed by atoms with Gasteiger partial charge in [0.25, 0.3) is 0 Å². The van der Waals surface area contributed by atoms with Crippen LogP contribution in [-0.2, 0) is 14.4 Å². The van der Waals surface area contributed by atoms with Crippen LogP contribution in [0.2, 0.25) is 0 Å². The first-order chi connectivity index (χ1) is 8.66. The van der Waals surface area contributed by atoms with Crippen LogP contribution in [0.25, 0.3) is 0 Å². The summed E-state index contributed by atoms with van der Waals surface area (Å²) in [5.41, 5.74) is 5.57. The molecule has 0 aliphatic carbocycles. The number of aliphatic hydroxyl groups is 1. The number of aliphatic hydroxyl groups excluding tert-OH is 1. The average molecular weight is 275 g/mol. The molecular formula is C11H21N3O5. The van der Waals surface area contributed by atoms with Crippen LogP contribution in [0.1, 0.15) is 20.8 Å². The summed E-state index contributed by atoms with van der Waals surface area (Å²) in [4.78, 5) is 33.6. The fourth-order valence-corrected chi connectivity index (χ4v) is 1.20. The SMILES string of the molecule is CC(O)C(NC(=O)CNC(=O)[C@@H](N)C(C)C)C(=O)O. The molecule has 0 aromatic heterocycles. The summed E-state index contributed by atoms with van der Waals surface area (Å²) in [5.74, 6) is -2.63. The zero-order valence-corrected chi connectivity index (χ0v) is 11.2. The van der Waals surface area contributed by atoms with E-state index in [9.17, 15) is 14.4 Å². The van der Waals surface area contributed by atoms with Crippen molar-refractivity contribution in [1.29, 1.82) is 0 Å². The van der Waals surface area contributed by atoms with Crippen LogP contribution in [0.4, 0.5) is 0 Å². The van der Waals surface area contributed by atoms with Gasteiger partial charge in [0.1, 0.15) is 0 Å². The zero-order valence-electron chi connectivity index (χ0n) is 11.2. The quantitative estimate of drug-likeness (QED) is 0.365. The Balaban J connectivity index is 4.26. The molecule has 0 radical (unpaired) electrons. The third-order valence-electron chi connectivity index (χ3n) is 2.51. The fraction of sp³-hybridized carbons (Fsp3) is 0.727. The lowest BCUT2D eigenvalue weighted by Gasteiger charge is -2.18. The van der Waals surface area contributed by atoms with Gasteiger partial charge in [0, 0.05) is 0 Å². The monoisotopic (exact) mass is 275 g/mol. The number of aliphatic carboxylic acids is 1. The third kappa shape index (κ3) is 6.16. The molecule has 2 amide bonds. The number of hydrogen-bond donors (Lipinski definition) is 5. The summed E-state index contributed by atoms with van der Waals surface area (Å²) in [6.07, 6.45) is -1.24. The normalized spacial score (nSPS) is 15.5.